The Morgan fingerprint density at radius 2 is 0.903 bits per heavy atom. The molecule has 606 valence electrons. The average Bonchev–Trinajstić information content (AvgIpc) is 0.755. The molecular weight excluding hydrogens is 1320 g/mol. The molecule has 18 unspecified atom stereocenters. The van der Waals surface area contributed by atoms with Gasteiger partial charge in [-0.25, -0.2) is 4.79 Å². The van der Waals surface area contributed by atoms with E-state index in [1.165, 1.54) is 238 Å². The van der Waals surface area contributed by atoms with E-state index in [2.05, 4.69) is 36.6 Å². The summed E-state index contributed by atoms with van der Waals surface area (Å²) in [6, 6.07) is -2.53. The normalized spacial score (nSPS) is 26.5. The van der Waals surface area contributed by atoms with Crippen LogP contribution in [-0.4, -0.2) is 215 Å². The van der Waals surface area contributed by atoms with Crippen molar-refractivity contribution < 1.29 is 104 Å². The van der Waals surface area contributed by atoms with Gasteiger partial charge in [-0.05, 0) is 38.5 Å². The van der Waals surface area contributed by atoms with Crippen LogP contribution in [-0.2, 0) is 42.8 Å². The third-order valence-corrected chi connectivity index (χ3v) is 21.2. The third-order valence-electron chi connectivity index (χ3n) is 21.2. The van der Waals surface area contributed by atoms with Crippen LogP contribution in [0.5, 0.6) is 0 Å². The van der Waals surface area contributed by atoms with Crippen LogP contribution in [0.3, 0.4) is 0 Å². The minimum atomic E-state index is -3.08. The highest BCUT2D eigenvalue weighted by molar-refractivity contribution is 5.77. The first-order valence-corrected chi connectivity index (χ1v) is 41.5. The van der Waals surface area contributed by atoms with E-state index in [-0.39, 0.29) is 18.9 Å². The van der Waals surface area contributed by atoms with Gasteiger partial charge in [-0.15, -0.1) is 0 Å². The number of nitrogens with one attached hydrogen (secondary N) is 2. The number of amides is 2. The Balaban J connectivity index is 1.47. The second-order valence-electron chi connectivity index (χ2n) is 30.3. The summed E-state index contributed by atoms with van der Waals surface area (Å²) in [7, 11) is 0. The van der Waals surface area contributed by atoms with E-state index in [9.17, 15) is 75.7 Å². The molecule has 3 fully saturated rings. The summed E-state index contributed by atoms with van der Waals surface area (Å²) in [6.45, 7) is 2.26. The van der Waals surface area contributed by atoms with Gasteiger partial charge in [-0.3, -0.25) is 9.59 Å². The number of carbonyl (C=O) groups excluding carboxylic acids is 2. The van der Waals surface area contributed by atoms with Gasteiger partial charge in [0.05, 0.1) is 50.7 Å². The molecule has 0 spiro atoms. The second kappa shape index (κ2) is 59.4. The Hall–Kier alpha value is -2.53. The van der Waals surface area contributed by atoms with E-state index in [1.54, 1.807) is 0 Å². The zero-order valence-corrected chi connectivity index (χ0v) is 64.2. The first-order chi connectivity index (χ1) is 49.9. The first kappa shape index (κ1) is 94.7. The Morgan fingerprint density at radius 3 is 1.31 bits per heavy atom. The number of hydrogen-bond acceptors (Lipinski definition) is 20. The van der Waals surface area contributed by atoms with Crippen molar-refractivity contribution in [1.29, 1.82) is 0 Å². The van der Waals surface area contributed by atoms with Crippen molar-refractivity contribution in [2.75, 3.05) is 26.4 Å². The smallest absolute Gasteiger partial charge is 0.364 e. The zero-order valence-electron chi connectivity index (χ0n) is 64.2. The van der Waals surface area contributed by atoms with Crippen molar-refractivity contribution in [2.45, 2.75) is 452 Å². The number of rotatable bonds is 66. The largest absolute Gasteiger partial charge is 0.477 e. The quantitative estimate of drug-likeness (QED) is 0.0199. The molecule has 3 heterocycles. The maximum atomic E-state index is 13.6. The lowest BCUT2D eigenvalue weighted by molar-refractivity contribution is -0.386. The summed E-state index contributed by atoms with van der Waals surface area (Å²) >= 11 is 0. The number of allylic oxidation sites excluding steroid dienone is 2. The van der Waals surface area contributed by atoms with Gasteiger partial charge in [-0.1, -0.05) is 296 Å². The van der Waals surface area contributed by atoms with E-state index in [0.29, 0.717) is 19.3 Å². The van der Waals surface area contributed by atoms with Gasteiger partial charge >= 0.3 is 5.97 Å². The molecule has 3 saturated heterocycles. The minimum absolute atomic E-state index is 0.227. The third kappa shape index (κ3) is 39.6. The van der Waals surface area contributed by atoms with Crippen LogP contribution in [0.2, 0.25) is 0 Å². The lowest BCUT2D eigenvalue weighted by Gasteiger charge is -2.50. The molecule has 0 aromatic rings. The van der Waals surface area contributed by atoms with Gasteiger partial charge in [0, 0.05) is 19.8 Å². The van der Waals surface area contributed by atoms with E-state index in [4.69, 9.17) is 28.4 Å². The summed E-state index contributed by atoms with van der Waals surface area (Å²) in [5, 5.41) is 137. The molecule has 3 aliphatic heterocycles. The second-order valence-corrected chi connectivity index (χ2v) is 30.3. The molecular formula is C80H150N2O21. The number of carbonyl (C=O) groups is 3. The first-order valence-electron chi connectivity index (χ1n) is 41.5. The lowest BCUT2D eigenvalue weighted by Crippen LogP contribution is -2.70. The zero-order chi connectivity index (χ0) is 75.3. The van der Waals surface area contributed by atoms with Crippen molar-refractivity contribution >= 4 is 17.8 Å². The van der Waals surface area contributed by atoms with Crippen molar-refractivity contribution in [3.8, 4) is 0 Å². The number of ether oxygens (including phenoxy) is 6. The fraction of sp³-hybridized carbons (Fsp3) is 0.938. The van der Waals surface area contributed by atoms with E-state index >= 15 is 0 Å². The van der Waals surface area contributed by atoms with Crippen molar-refractivity contribution in [3.63, 3.8) is 0 Å². The van der Waals surface area contributed by atoms with Gasteiger partial charge in [0.15, 0.2) is 12.6 Å². The maximum absolute atomic E-state index is 13.6. The standard InChI is InChI=1S/C80H150N2O21/c1-4-6-8-10-12-14-16-18-20-22-24-25-26-27-28-29-30-31-32-33-34-35-36-38-40-42-44-46-48-50-52-54-67(90)82-61(62(87)53-51-49-47-45-43-41-39-37-23-21-19-17-15-13-11-9-7-5-2)59-98-77-72(94)71(93)74(66(58-85)100-77)101-78-73(95)76(70(92)65(57-84)99-78)103-80(79(96)97)55-63(88)68(81-60(3)86)75(102-80)69(91)64(89)56-83/h27-28,61-66,68-78,83-85,87-89,91-95H,4-26,29-59H2,1-3H3,(H,81,86)(H,82,90)(H,96,97)/b28-27-. The topological polar surface area (TPSA) is 373 Å². The predicted molar refractivity (Wildman–Crippen MR) is 398 cm³/mol. The van der Waals surface area contributed by atoms with Gasteiger partial charge in [0.25, 0.3) is 5.79 Å². The number of hydrogen-bond donors (Lipinski definition) is 14. The molecule has 0 aromatic heterocycles. The molecule has 3 aliphatic rings. The molecule has 0 radical (unpaired) electrons. The molecule has 0 aliphatic carbocycles. The molecule has 3 rings (SSSR count). The highest BCUT2D eigenvalue weighted by Crippen LogP contribution is 2.39. The molecule has 2 amide bonds. The summed E-state index contributed by atoms with van der Waals surface area (Å²) in [5.74, 6) is -6.09. The van der Waals surface area contributed by atoms with Gasteiger partial charge in [0.1, 0.15) is 67.1 Å². The van der Waals surface area contributed by atoms with E-state index in [1.807, 2.05) is 0 Å². The highest BCUT2D eigenvalue weighted by Gasteiger charge is 2.60. The fourth-order valence-corrected chi connectivity index (χ4v) is 14.7. The van der Waals surface area contributed by atoms with E-state index < -0.39 is 148 Å². The minimum Gasteiger partial charge on any atom is -0.477 e. The van der Waals surface area contributed by atoms with Gasteiger partial charge in [0.2, 0.25) is 11.8 Å². The molecule has 23 nitrogen and oxygen atoms in total. The Morgan fingerprint density at radius 1 is 0.495 bits per heavy atom. The monoisotopic (exact) mass is 1480 g/mol. The fourth-order valence-electron chi connectivity index (χ4n) is 14.7. The Bertz CT molecular complexity index is 2100. The van der Waals surface area contributed by atoms with Crippen LogP contribution in [0.25, 0.3) is 0 Å². The van der Waals surface area contributed by atoms with Crippen molar-refractivity contribution in [3.05, 3.63) is 12.2 Å². The molecule has 14 N–H and O–H groups in total. The maximum Gasteiger partial charge on any atom is 0.364 e. The summed E-state index contributed by atoms with van der Waals surface area (Å²) in [4.78, 5) is 38.7. The number of aliphatic carboxylic acids is 1. The summed E-state index contributed by atoms with van der Waals surface area (Å²) in [5.41, 5.74) is 0. The molecule has 23 heteroatoms. The average molecular weight is 1480 g/mol. The highest BCUT2D eigenvalue weighted by atomic mass is 16.8. The van der Waals surface area contributed by atoms with Crippen LogP contribution in [0.15, 0.2) is 12.2 Å². The van der Waals surface area contributed by atoms with Gasteiger partial charge in [-0.2, -0.15) is 0 Å². The van der Waals surface area contributed by atoms with Gasteiger partial charge < -0.3 is 100 Å². The molecule has 0 bridgehead atoms. The van der Waals surface area contributed by atoms with E-state index in [0.717, 1.165) is 58.3 Å². The molecule has 0 aromatic carbocycles. The van der Waals surface area contributed by atoms with Crippen molar-refractivity contribution in [2.24, 2.45) is 0 Å². The SMILES string of the molecule is CCCCCCCCCCCCCC/C=C\CCCCCCCCCCCCCCCCCC(=O)NC(COC1OC(CO)C(OC2OC(CO)C(O)C(OC3(C(=O)O)CC(O)C(NC(C)=O)C(C(O)C(O)CO)O3)C2O)C(O)C1O)C(O)CCCCCCCCCCCCCCCCCCCC. The number of aliphatic hydroxyl groups is 11. The van der Waals surface area contributed by atoms with Crippen LogP contribution in [0.1, 0.15) is 342 Å². The molecule has 103 heavy (non-hydrogen) atoms. The Kier molecular flexibility index (Phi) is 54.6. The van der Waals surface area contributed by atoms with Crippen LogP contribution in [0, 0.1) is 0 Å². The number of carboxylic acids is 1. The molecule has 18 atom stereocenters. The van der Waals surface area contributed by atoms with Crippen LogP contribution in [0.4, 0.5) is 0 Å². The predicted octanol–water partition coefficient (Wildman–Crippen LogP) is 11.4. The number of carboxylic acid groups (broad SMARTS) is 1. The van der Waals surface area contributed by atoms with Crippen LogP contribution >= 0.6 is 0 Å². The summed E-state index contributed by atoms with van der Waals surface area (Å²) in [6.07, 6.45) is 35.0. The molecule has 0 saturated carbocycles. The number of unbranched alkanes of at least 4 members (excludes halogenated alkanes) is 44. The van der Waals surface area contributed by atoms with Crippen molar-refractivity contribution in [1.82, 2.24) is 10.6 Å². The lowest BCUT2D eigenvalue weighted by atomic mass is 9.88. The Labute approximate surface area is 620 Å². The van der Waals surface area contributed by atoms with Crippen LogP contribution < -0.4 is 10.6 Å². The summed E-state index contributed by atoms with van der Waals surface area (Å²) < 4.78 is 35.0. The number of aliphatic hydroxyl groups excluding tert-OH is 11.